The van der Waals surface area contributed by atoms with Crippen LogP contribution in [-0.2, 0) is 11.8 Å². The standard InChI is InChI=1S/C27H38N2O3/c30-21-9-8-19-14-22-27(31)11-10-20(28-15-17-4-2-1-3-5-17)25-26(27,23(19)24(21)32-25)12-13-29(22)16-18-6-7-18/h8-9,17-18,20,22,25,28,30-31H,1-7,10-16H2/t20-,22-,25+,26+,27-/m1/s1. The summed E-state index contributed by atoms with van der Waals surface area (Å²) in [6, 6.07) is 4.34. The molecule has 1 spiro atoms. The summed E-state index contributed by atoms with van der Waals surface area (Å²) in [6.07, 6.45) is 13.0. The molecule has 5 heteroatoms. The number of benzene rings is 1. The Kier molecular flexibility index (Phi) is 4.46. The molecule has 0 radical (unpaired) electrons. The van der Waals surface area contributed by atoms with Crippen molar-refractivity contribution in [3.63, 3.8) is 0 Å². The van der Waals surface area contributed by atoms with Gasteiger partial charge >= 0.3 is 0 Å². The van der Waals surface area contributed by atoms with Crippen LogP contribution in [0.3, 0.4) is 0 Å². The molecule has 4 aliphatic carbocycles. The van der Waals surface area contributed by atoms with E-state index in [-0.39, 0.29) is 29.4 Å². The number of ether oxygens (including phenoxy) is 1. The van der Waals surface area contributed by atoms with Crippen LogP contribution in [0.2, 0.25) is 0 Å². The minimum atomic E-state index is -0.764. The van der Waals surface area contributed by atoms with Crippen molar-refractivity contribution in [1.82, 2.24) is 10.2 Å². The predicted molar refractivity (Wildman–Crippen MR) is 123 cm³/mol. The van der Waals surface area contributed by atoms with Crippen molar-refractivity contribution >= 4 is 0 Å². The molecule has 1 aromatic rings. The van der Waals surface area contributed by atoms with Gasteiger partial charge in [0, 0.05) is 24.2 Å². The third-order valence-corrected chi connectivity index (χ3v) is 10.2. The van der Waals surface area contributed by atoms with E-state index >= 15 is 0 Å². The summed E-state index contributed by atoms with van der Waals surface area (Å²) in [4.78, 5) is 2.61. The fraction of sp³-hybridized carbons (Fsp3) is 0.778. The second kappa shape index (κ2) is 7.10. The molecule has 3 saturated carbocycles. The van der Waals surface area contributed by atoms with E-state index in [0.29, 0.717) is 5.75 Å². The number of hydrogen-bond donors (Lipinski definition) is 3. The van der Waals surface area contributed by atoms with Crippen molar-refractivity contribution in [2.75, 3.05) is 19.6 Å². The van der Waals surface area contributed by atoms with Crippen LogP contribution in [0.15, 0.2) is 12.1 Å². The van der Waals surface area contributed by atoms with Gasteiger partial charge in [-0.1, -0.05) is 25.3 Å². The summed E-state index contributed by atoms with van der Waals surface area (Å²) in [5, 5.41) is 27.2. The molecule has 6 aliphatic rings. The zero-order chi connectivity index (χ0) is 21.5. The summed E-state index contributed by atoms with van der Waals surface area (Å²) >= 11 is 0. The van der Waals surface area contributed by atoms with E-state index in [1.165, 1.54) is 50.5 Å². The third kappa shape index (κ3) is 2.68. The van der Waals surface area contributed by atoms with Crippen molar-refractivity contribution in [3.8, 4) is 11.5 Å². The molecule has 1 aromatic carbocycles. The molecule has 5 atom stereocenters. The second-order valence-corrected chi connectivity index (χ2v) is 11.8. The number of phenols is 1. The lowest BCUT2D eigenvalue weighted by molar-refractivity contribution is -0.191. The Hall–Kier alpha value is -1.30. The van der Waals surface area contributed by atoms with E-state index in [1.807, 2.05) is 6.07 Å². The average Bonchev–Trinajstić information content (AvgIpc) is 3.54. The number of likely N-dealkylation sites (tertiary alicyclic amines) is 1. The number of nitrogens with zero attached hydrogens (tertiary/aromatic N) is 1. The number of aliphatic hydroxyl groups is 1. The lowest BCUT2D eigenvalue weighted by atomic mass is 9.48. The lowest BCUT2D eigenvalue weighted by Gasteiger charge is -2.64. The molecule has 4 fully saturated rings. The Morgan fingerprint density at radius 3 is 2.69 bits per heavy atom. The minimum Gasteiger partial charge on any atom is -0.504 e. The maximum absolute atomic E-state index is 12.5. The van der Waals surface area contributed by atoms with Crippen molar-refractivity contribution in [2.45, 2.75) is 99.8 Å². The van der Waals surface area contributed by atoms with Gasteiger partial charge in [0.15, 0.2) is 11.5 Å². The van der Waals surface area contributed by atoms with Crippen LogP contribution in [-0.4, -0.2) is 58.5 Å². The fourth-order valence-electron chi connectivity index (χ4n) is 8.40. The van der Waals surface area contributed by atoms with Crippen LogP contribution < -0.4 is 10.1 Å². The predicted octanol–water partition coefficient (Wildman–Crippen LogP) is 3.49. The first-order valence-corrected chi connectivity index (χ1v) is 13.3. The molecule has 0 amide bonds. The van der Waals surface area contributed by atoms with Crippen LogP contribution in [0.1, 0.15) is 75.3 Å². The molecule has 3 N–H and O–H groups in total. The van der Waals surface area contributed by atoms with Gasteiger partial charge in [0.1, 0.15) is 6.10 Å². The maximum Gasteiger partial charge on any atom is 0.165 e. The summed E-state index contributed by atoms with van der Waals surface area (Å²) in [7, 11) is 0. The third-order valence-electron chi connectivity index (χ3n) is 10.2. The Morgan fingerprint density at radius 2 is 1.88 bits per heavy atom. The first-order chi connectivity index (χ1) is 15.6. The van der Waals surface area contributed by atoms with E-state index in [1.54, 1.807) is 0 Å². The second-order valence-electron chi connectivity index (χ2n) is 11.8. The van der Waals surface area contributed by atoms with Gasteiger partial charge in [-0.2, -0.15) is 0 Å². The van der Waals surface area contributed by atoms with Crippen LogP contribution in [0.4, 0.5) is 0 Å². The van der Waals surface area contributed by atoms with E-state index in [9.17, 15) is 10.2 Å². The highest BCUT2D eigenvalue weighted by Gasteiger charge is 2.72. The summed E-state index contributed by atoms with van der Waals surface area (Å²) in [5.74, 6) is 2.52. The Bertz CT molecular complexity index is 910. The number of nitrogens with one attached hydrogen (secondary N) is 1. The van der Waals surface area contributed by atoms with Crippen molar-refractivity contribution < 1.29 is 14.9 Å². The van der Waals surface area contributed by atoms with Crippen LogP contribution >= 0.6 is 0 Å². The summed E-state index contributed by atoms with van der Waals surface area (Å²) < 4.78 is 6.66. The number of rotatable bonds is 5. The first kappa shape index (κ1) is 20.1. The monoisotopic (exact) mass is 438 g/mol. The highest BCUT2D eigenvalue weighted by Crippen LogP contribution is 2.65. The maximum atomic E-state index is 12.5. The zero-order valence-electron chi connectivity index (χ0n) is 19.2. The molecule has 7 rings (SSSR count). The molecule has 1 saturated heterocycles. The van der Waals surface area contributed by atoms with Gasteiger partial charge in [-0.25, -0.2) is 0 Å². The topological polar surface area (TPSA) is 65.0 Å². The largest absolute Gasteiger partial charge is 0.504 e. The van der Waals surface area contributed by atoms with Crippen molar-refractivity contribution in [1.29, 1.82) is 0 Å². The Morgan fingerprint density at radius 1 is 1.03 bits per heavy atom. The number of hydrogen-bond acceptors (Lipinski definition) is 5. The van der Waals surface area contributed by atoms with Crippen LogP contribution in [0, 0.1) is 11.8 Å². The van der Waals surface area contributed by atoms with E-state index < -0.39 is 5.60 Å². The van der Waals surface area contributed by atoms with Gasteiger partial charge in [0.2, 0.25) is 0 Å². The Balaban J connectivity index is 1.25. The molecule has 2 heterocycles. The van der Waals surface area contributed by atoms with Gasteiger partial charge in [-0.15, -0.1) is 0 Å². The SMILES string of the molecule is Oc1ccc2c3c1O[C@H]1[C@H](NCC4CCCCC4)CC[C@@]4(O)[C@@H](C2)N(CC2CC2)CC[C@]314. The van der Waals surface area contributed by atoms with Crippen molar-refractivity contribution in [3.05, 3.63) is 23.3 Å². The summed E-state index contributed by atoms with van der Waals surface area (Å²) in [6.45, 7) is 3.23. The van der Waals surface area contributed by atoms with E-state index in [2.05, 4.69) is 16.3 Å². The normalized spacial score (nSPS) is 40.7. The minimum absolute atomic E-state index is 0.0854. The van der Waals surface area contributed by atoms with Gasteiger partial charge < -0.3 is 20.3 Å². The quantitative estimate of drug-likeness (QED) is 0.657. The number of aromatic hydroxyl groups is 1. The van der Waals surface area contributed by atoms with Crippen molar-refractivity contribution in [2.24, 2.45) is 11.8 Å². The lowest BCUT2D eigenvalue weighted by Crippen LogP contribution is -2.78. The molecule has 174 valence electrons. The van der Waals surface area contributed by atoms with E-state index in [4.69, 9.17) is 4.74 Å². The summed E-state index contributed by atoms with van der Waals surface area (Å²) in [5.41, 5.74) is 1.29. The molecule has 2 aliphatic heterocycles. The highest BCUT2D eigenvalue weighted by molar-refractivity contribution is 5.62. The number of piperidine rings is 1. The molecule has 0 aromatic heterocycles. The van der Waals surface area contributed by atoms with E-state index in [0.717, 1.165) is 62.7 Å². The van der Waals surface area contributed by atoms with Gasteiger partial charge in [0.25, 0.3) is 0 Å². The molecular weight excluding hydrogens is 400 g/mol. The molecule has 2 bridgehead atoms. The fourth-order valence-corrected chi connectivity index (χ4v) is 8.40. The molecule has 0 unspecified atom stereocenters. The smallest absolute Gasteiger partial charge is 0.165 e. The van der Waals surface area contributed by atoms with Gasteiger partial charge in [0.05, 0.1) is 11.0 Å². The highest BCUT2D eigenvalue weighted by atomic mass is 16.5. The molecule has 32 heavy (non-hydrogen) atoms. The van der Waals surface area contributed by atoms with Gasteiger partial charge in [-0.05, 0) is 87.9 Å². The number of phenolic OH excluding ortho intramolecular Hbond substituents is 1. The van der Waals surface area contributed by atoms with Crippen LogP contribution in [0.25, 0.3) is 0 Å². The van der Waals surface area contributed by atoms with Gasteiger partial charge in [-0.3, -0.25) is 4.90 Å². The Labute approximate surface area is 191 Å². The van der Waals surface area contributed by atoms with Crippen LogP contribution in [0.5, 0.6) is 11.5 Å². The molecular formula is C27H38N2O3. The molecule has 5 nitrogen and oxygen atoms in total. The zero-order valence-corrected chi connectivity index (χ0v) is 19.2. The average molecular weight is 439 g/mol. The first-order valence-electron chi connectivity index (χ1n) is 13.3.